The van der Waals surface area contributed by atoms with Crippen molar-refractivity contribution >= 4 is 52.1 Å². The quantitative estimate of drug-likeness (QED) is 0.182. The number of aliphatic imine (C=N–C) groups is 1. The third kappa shape index (κ3) is 5.75. The highest BCUT2D eigenvalue weighted by Crippen LogP contribution is 2.38. The number of hydrogen-bond acceptors (Lipinski definition) is 5. The van der Waals surface area contributed by atoms with Crippen LogP contribution in [0.1, 0.15) is 29.2 Å². The first kappa shape index (κ1) is 23.3. The number of carbonyl (C=O) groups excluding carboxylic acids is 1. The van der Waals surface area contributed by atoms with E-state index in [0.29, 0.717) is 35.3 Å². The van der Waals surface area contributed by atoms with Crippen molar-refractivity contribution in [1.82, 2.24) is 0 Å². The number of hydrogen-bond donors (Lipinski definition) is 0. The number of halogens is 2. The molecule has 0 N–H and O–H groups in total. The van der Waals surface area contributed by atoms with Crippen LogP contribution in [0.2, 0.25) is 5.02 Å². The van der Waals surface area contributed by atoms with Crippen LogP contribution < -0.4 is 9.47 Å². The highest BCUT2D eigenvalue weighted by atomic mass is 127. The number of rotatable bonds is 7. The molecule has 3 aromatic carbocycles. The predicted molar refractivity (Wildman–Crippen MR) is 138 cm³/mol. The molecule has 0 aliphatic carbocycles. The molecule has 0 saturated heterocycles. The molecule has 0 spiro atoms. The molecule has 7 heteroatoms. The Balaban J connectivity index is 1.61. The van der Waals surface area contributed by atoms with E-state index >= 15 is 0 Å². The number of cyclic esters (lactones) is 1. The third-order valence-electron chi connectivity index (χ3n) is 4.81. The Labute approximate surface area is 211 Å². The van der Waals surface area contributed by atoms with E-state index in [2.05, 4.69) is 33.6 Å². The molecule has 5 nitrogen and oxygen atoms in total. The first-order valence-corrected chi connectivity index (χ1v) is 11.8. The monoisotopic (exact) mass is 573 g/mol. The molecule has 4 rings (SSSR count). The molecule has 33 heavy (non-hydrogen) atoms. The smallest absolute Gasteiger partial charge is 0.363 e. The lowest BCUT2D eigenvalue weighted by Crippen LogP contribution is -2.05. The Hall–Kier alpha value is -2.84. The SMILES string of the molecule is CCOc1cc(/C=C2\N=C(c3ccc(I)cc3)OC2=O)cc(Cl)c1OCc1cccc(C)c1. The second-order valence-electron chi connectivity index (χ2n) is 7.38. The average Bonchev–Trinajstić information content (AvgIpc) is 3.14. The van der Waals surface area contributed by atoms with Crippen LogP contribution in [0, 0.1) is 10.5 Å². The molecule has 0 bridgehead atoms. The second kappa shape index (κ2) is 10.4. The zero-order chi connectivity index (χ0) is 23.4. The van der Waals surface area contributed by atoms with Gasteiger partial charge in [0.05, 0.1) is 11.6 Å². The Morgan fingerprint density at radius 1 is 1.09 bits per heavy atom. The number of esters is 1. The van der Waals surface area contributed by atoms with Crippen molar-refractivity contribution in [3.8, 4) is 11.5 Å². The van der Waals surface area contributed by atoms with Gasteiger partial charge in [-0.15, -0.1) is 0 Å². The van der Waals surface area contributed by atoms with Gasteiger partial charge in [-0.25, -0.2) is 9.79 Å². The Kier molecular flexibility index (Phi) is 7.35. The molecule has 0 unspecified atom stereocenters. The molecule has 1 aliphatic heterocycles. The van der Waals surface area contributed by atoms with Gasteiger partial charge in [-0.1, -0.05) is 41.4 Å². The lowest BCUT2D eigenvalue weighted by atomic mass is 10.1. The van der Waals surface area contributed by atoms with E-state index in [9.17, 15) is 4.79 Å². The van der Waals surface area contributed by atoms with E-state index in [-0.39, 0.29) is 11.6 Å². The van der Waals surface area contributed by atoms with Gasteiger partial charge in [0.2, 0.25) is 5.90 Å². The van der Waals surface area contributed by atoms with Gasteiger partial charge in [0.15, 0.2) is 17.2 Å². The third-order valence-corrected chi connectivity index (χ3v) is 5.81. The van der Waals surface area contributed by atoms with Crippen LogP contribution in [-0.2, 0) is 16.1 Å². The van der Waals surface area contributed by atoms with Crippen molar-refractivity contribution in [2.24, 2.45) is 4.99 Å². The van der Waals surface area contributed by atoms with Crippen LogP contribution in [0.4, 0.5) is 0 Å². The fraction of sp³-hybridized carbons (Fsp3) is 0.154. The van der Waals surface area contributed by atoms with Gasteiger partial charge < -0.3 is 14.2 Å². The van der Waals surface area contributed by atoms with Crippen LogP contribution in [0.15, 0.2) is 71.4 Å². The Bertz CT molecular complexity index is 1250. The highest BCUT2D eigenvalue weighted by molar-refractivity contribution is 14.1. The molecular weight excluding hydrogens is 553 g/mol. The van der Waals surface area contributed by atoms with Crippen LogP contribution in [0.5, 0.6) is 11.5 Å². The zero-order valence-electron chi connectivity index (χ0n) is 18.1. The molecule has 1 heterocycles. The van der Waals surface area contributed by atoms with Crippen molar-refractivity contribution in [3.05, 3.63) is 97.2 Å². The second-order valence-corrected chi connectivity index (χ2v) is 9.04. The van der Waals surface area contributed by atoms with Crippen molar-refractivity contribution in [2.75, 3.05) is 6.61 Å². The minimum Gasteiger partial charge on any atom is -0.490 e. The van der Waals surface area contributed by atoms with Crippen LogP contribution in [0.3, 0.4) is 0 Å². The van der Waals surface area contributed by atoms with Gasteiger partial charge in [-0.3, -0.25) is 0 Å². The maximum Gasteiger partial charge on any atom is 0.363 e. The van der Waals surface area contributed by atoms with E-state index in [1.54, 1.807) is 18.2 Å². The minimum atomic E-state index is -0.516. The molecule has 1 aliphatic rings. The Morgan fingerprint density at radius 3 is 2.61 bits per heavy atom. The van der Waals surface area contributed by atoms with Crippen molar-refractivity contribution < 1.29 is 19.0 Å². The van der Waals surface area contributed by atoms with Gasteiger partial charge in [-0.05, 0) is 90.0 Å². The summed E-state index contributed by atoms with van der Waals surface area (Å²) in [4.78, 5) is 16.7. The lowest BCUT2D eigenvalue weighted by Gasteiger charge is -2.15. The predicted octanol–water partition coefficient (Wildman–Crippen LogP) is 6.58. The number of benzene rings is 3. The summed E-state index contributed by atoms with van der Waals surface area (Å²) in [5, 5.41) is 0.383. The summed E-state index contributed by atoms with van der Waals surface area (Å²) < 4.78 is 18.2. The molecule has 0 fully saturated rings. The summed E-state index contributed by atoms with van der Waals surface area (Å²) in [6.45, 7) is 4.71. The summed E-state index contributed by atoms with van der Waals surface area (Å²) in [5.41, 5.74) is 3.77. The van der Waals surface area contributed by atoms with Crippen LogP contribution >= 0.6 is 34.2 Å². The number of aryl methyl sites for hydroxylation is 1. The Morgan fingerprint density at radius 2 is 1.88 bits per heavy atom. The average molecular weight is 574 g/mol. The number of carbonyl (C=O) groups is 1. The number of nitrogens with zero attached hydrogens (tertiary/aromatic N) is 1. The van der Waals surface area contributed by atoms with E-state index in [0.717, 1.165) is 20.3 Å². The van der Waals surface area contributed by atoms with Gasteiger partial charge >= 0.3 is 5.97 Å². The molecule has 0 amide bonds. The largest absolute Gasteiger partial charge is 0.490 e. The standard InChI is InChI=1S/C26H21ClINO4/c1-3-31-23-14-18(12-21(27)24(23)32-15-17-6-4-5-16(2)11-17)13-22-26(30)33-25(29-22)19-7-9-20(28)10-8-19/h4-14H,3,15H2,1-2H3/b22-13-. The summed E-state index contributed by atoms with van der Waals surface area (Å²) in [7, 11) is 0. The summed E-state index contributed by atoms with van der Waals surface area (Å²) in [5.74, 6) is 0.714. The maximum atomic E-state index is 12.4. The van der Waals surface area contributed by atoms with Crippen molar-refractivity contribution in [2.45, 2.75) is 20.5 Å². The van der Waals surface area contributed by atoms with Crippen LogP contribution in [0.25, 0.3) is 6.08 Å². The van der Waals surface area contributed by atoms with Gasteiger partial charge in [0.25, 0.3) is 0 Å². The lowest BCUT2D eigenvalue weighted by molar-refractivity contribution is -0.129. The highest BCUT2D eigenvalue weighted by Gasteiger charge is 2.24. The first-order chi connectivity index (χ1) is 15.9. The summed E-state index contributed by atoms with van der Waals surface area (Å²) >= 11 is 8.76. The van der Waals surface area contributed by atoms with Gasteiger partial charge in [0.1, 0.15) is 6.61 Å². The molecule has 168 valence electrons. The topological polar surface area (TPSA) is 57.1 Å². The van der Waals surface area contributed by atoms with E-state index in [1.807, 2.05) is 56.3 Å². The molecule has 0 aromatic heterocycles. The van der Waals surface area contributed by atoms with Gasteiger partial charge in [0, 0.05) is 9.13 Å². The molecular formula is C26H21ClINO4. The number of ether oxygens (including phenoxy) is 3. The molecule has 0 saturated carbocycles. The summed E-state index contributed by atoms with van der Waals surface area (Å²) in [6, 6.07) is 19.1. The minimum absolute atomic E-state index is 0.190. The van der Waals surface area contributed by atoms with E-state index in [4.69, 9.17) is 25.8 Å². The van der Waals surface area contributed by atoms with E-state index in [1.165, 1.54) is 0 Å². The molecule has 3 aromatic rings. The van der Waals surface area contributed by atoms with Crippen LogP contribution in [-0.4, -0.2) is 18.5 Å². The first-order valence-electron chi connectivity index (χ1n) is 10.4. The normalized spacial score (nSPS) is 14.2. The fourth-order valence-electron chi connectivity index (χ4n) is 3.31. The van der Waals surface area contributed by atoms with Crippen molar-refractivity contribution in [1.29, 1.82) is 0 Å². The van der Waals surface area contributed by atoms with Gasteiger partial charge in [-0.2, -0.15) is 0 Å². The summed E-state index contributed by atoms with van der Waals surface area (Å²) in [6.07, 6.45) is 1.63. The maximum absolute atomic E-state index is 12.4. The van der Waals surface area contributed by atoms with E-state index < -0.39 is 5.97 Å². The molecule has 0 radical (unpaired) electrons. The van der Waals surface area contributed by atoms with Crippen molar-refractivity contribution in [3.63, 3.8) is 0 Å². The zero-order valence-corrected chi connectivity index (χ0v) is 21.0. The fourth-order valence-corrected chi connectivity index (χ4v) is 3.95. The molecule has 0 atom stereocenters.